The van der Waals surface area contributed by atoms with E-state index in [9.17, 15) is 24.0 Å². The highest BCUT2D eigenvalue weighted by Crippen LogP contribution is 2.55. The van der Waals surface area contributed by atoms with Gasteiger partial charge in [-0.05, 0) is 75.3 Å². The Morgan fingerprint density at radius 3 is 2.55 bits per heavy atom. The number of carbonyl (C=O) groups excluding carboxylic acids is 5. The molecule has 3 saturated carbocycles. The first kappa shape index (κ1) is 24.8. The predicted octanol–water partition coefficient (Wildman–Crippen LogP) is 2.91. The van der Waals surface area contributed by atoms with Crippen LogP contribution < -0.4 is 10.6 Å². The maximum Gasteiger partial charge on any atom is 0.290 e. The van der Waals surface area contributed by atoms with Gasteiger partial charge in [-0.15, -0.1) is 0 Å². The smallest absolute Gasteiger partial charge is 0.290 e. The molecule has 4 fully saturated rings. The first-order chi connectivity index (χ1) is 18.3. The van der Waals surface area contributed by atoms with E-state index in [-0.39, 0.29) is 41.2 Å². The van der Waals surface area contributed by atoms with Crippen molar-refractivity contribution in [2.45, 2.75) is 82.3 Å². The highest BCUT2D eigenvalue weighted by Gasteiger charge is 2.52. The number of hydrogen-bond donors (Lipinski definition) is 2. The second kappa shape index (κ2) is 9.67. The van der Waals surface area contributed by atoms with Crippen molar-refractivity contribution in [3.8, 4) is 0 Å². The molecule has 1 aliphatic heterocycles. The first-order valence-corrected chi connectivity index (χ1v) is 13.8. The van der Waals surface area contributed by atoms with Gasteiger partial charge in [0.15, 0.2) is 5.76 Å². The van der Waals surface area contributed by atoms with Crippen LogP contribution in [0.15, 0.2) is 34.7 Å². The number of hydrogen-bond acceptors (Lipinski definition) is 6. The topological polar surface area (TPSA) is 126 Å². The third kappa shape index (κ3) is 4.98. The number of para-hydroxylation sites is 1. The fourth-order valence-electron chi connectivity index (χ4n) is 6.04. The first-order valence-electron chi connectivity index (χ1n) is 13.8. The van der Waals surface area contributed by atoms with Gasteiger partial charge in [-0.3, -0.25) is 24.0 Å². The Bertz CT molecular complexity index is 1270. The lowest BCUT2D eigenvalue weighted by molar-refractivity contribution is -0.141. The number of fused-ring (bicyclic) bond motifs is 1. The average Bonchev–Trinajstić information content (AvgIpc) is 3.80. The molecule has 0 unspecified atom stereocenters. The predicted molar refractivity (Wildman–Crippen MR) is 137 cm³/mol. The summed E-state index contributed by atoms with van der Waals surface area (Å²) < 4.78 is 5.81. The summed E-state index contributed by atoms with van der Waals surface area (Å²) in [4.78, 5) is 67.0. The lowest BCUT2D eigenvalue weighted by Crippen LogP contribution is -2.58. The maximum absolute atomic E-state index is 13.8. The minimum atomic E-state index is -1.10. The van der Waals surface area contributed by atoms with Crippen LogP contribution in [-0.2, 0) is 19.2 Å². The van der Waals surface area contributed by atoms with Crippen molar-refractivity contribution in [3.05, 3.63) is 36.1 Å². The van der Waals surface area contributed by atoms with Gasteiger partial charge in [-0.25, -0.2) is 0 Å². The number of piperidine rings is 1. The van der Waals surface area contributed by atoms with E-state index >= 15 is 0 Å². The Kier molecular flexibility index (Phi) is 6.32. The Morgan fingerprint density at radius 2 is 1.87 bits per heavy atom. The second-order valence-electron chi connectivity index (χ2n) is 11.6. The normalized spacial score (nSPS) is 24.8. The summed E-state index contributed by atoms with van der Waals surface area (Å²) in [5, 5.41) is 6.32. The van der Waals surface area contributed by atoms with Crippen LogP contribution in [-0.4, -0.2) is 58.9 Å². The summed E-state index contributed by atoms with van der Waals surface area (Å²) in [7, 11) is 0. The van der Waals surface area contributed by atoms with Crippen LogP contribution >= 0.6 is 0 Å². The Morgan fingerprint density at radius 1 is 1.08 bits per heavy atom. The Balaban J connectivity index is 1.23. The molecule has 1 saturated heterocycles. The number of carbonyl (C=O) groups is 5. The highest BCUT2D eigenvalue weighted by molar-refractivity contribution is 6.38. The number of ketones is 2. The summed E-state index contributed by atoms with van der Waals surface area (Å²) in [6.45, 7) is 0.413. The number of nitrogens with zero attached hydrogens (tertiary/aromatic N) is 1. The maximum atomic E-state index is 13.8. The van der Waals surface area contributed by atoms with Gasteiger partial charge < -0.3 is 20.0 Å². The lowest BCUT2D eigenvalue weighted by Gasteiger charge is -2.39. The van der Waals surface area contributed by atoms with Crippen molar-refractivity contribution >= 4 is 40.3 Å². The molecule has 38 heavy (non-hydrogen) atoms. The number of nitrogens with one attached hydrogen (secondary N) is 2. The van der Waals surface area contributed by atoms with Gasteiger partial charge in [0.1, 0.15) is 17.4 Å². The van der Waals surface area contributed by atoms with Gasteiger partial charge in [0.2, 0.25) is 11.7 Å². The monoisotopic (exact) mass is 519 g/mol. The minimum absolute atomic E-state index is 0.000839. The van der Waals surface area contributed by atoms with E-state index in [1.165, 1.54) is 0 Å². The van der Waals surface area contributed by atoms with E-state index in [1.807, 2.05) is 18.2 Å². The molecule has 9 nitrogen and oxygen atoms in total. The fraction of sp³-hybridized carbons (Fsp3) is 0.552. The molecule has 3 atom stereocenters. The molecule has 2 heterocycles. The molecule has 2 aromatic rings. The number of benzene rings is 1. The molecule has 0 bridgehead atoms. The number of rotatable bonds is 8. The van der Waals surface area contributed by atoms with E-state index in [0.717, 1.165) is 43.9 Å². The Labute approximate surface area is 220 Å². The molecule has 3 amide bonds. The second-order valence-corrected chi connectivity index (χ2v) is 11.6. The van der Waals surface area contributed by atoms with Gasteiger partial charge in [0, 0.05) is 30.3 Å². The van der Waals surface area contributed by atoms with Crippen molar-refractivity contribution in [3.63, 3.8) is 0 Å². The van der Waals surface area contributed by atoms with Gasteiger partial charge in [0.05, 0.1) is 6.04 Å². The van der Waals surface area contributed by atoms with E-state index in [2.05, 4.69) is 10.6 Å². The quantitative estimate of drug-likeness (QED) is 0.517. The molecular weight excluding hydrogens is 486 g/mol. The van der Waals surface area contributed by atoms with Crippen molar-refractivity contribution in [1.29, 1.82) is 0 Å². The zero-order chi connectivity index (χ0) is 26.4. The lowest BCUT2D eigenvalue weighted by atomic mass is 9.86. The van der Waals surface area contributed by atoms with E-state index in [4.69, 9.17) is 4.42 Å². The third-order valence-corrected chi connectivity index (χ3v) is 8.76. The van der Waals surface area contributed by atoms with Crippen LogP contribution in [0.25, 0.3) is 11.0 Å². The van der Waals surface area contributed by atoms with Gasteiger partial charge in [-0.1, -0.05) is 18.2 Å². The van der Waals surface area contributed by atoms with Gasteiger partial charge in [-0.2, -0.15) is 0 Å². The summed E-state index contributed by atoms with van der Waals surface area (Å²) in [6.07, 6.45) is 6.95. The summed E-state index contributed by atoms with van der Waals surface area (Å²) in [5.41, 5.74) is 0.637. The van der Waals surface area contributed by atoms with Crippen LogP contribution in [0, 0.1) is 11.3 Å². The molecule has 0 radical (unpaired) electrons. The third-order valence-electron chi connectivity index (χ3n) is 8.76. The van der Waals surface area contributed by atoms with Crippen LogP contribution in [0.5, 0.6) is 0 Å². The van der Waals surface area contributed by atoms with Crippen molar-refractivity contribution in [2.24, 2.45) is 11.3 Å². The highest BCUT2D eigenvalue weighted by atomic mass is 16.3. The minimum Gasteiger partial charge on any atom is -0.451 e. The van der Waals surface area contributed by atoms with Crippen LogP contribution in [0.3, 0.4) is 0 Å². The number of furan rings is 1. The Hall–Kier alpha value is -3.49. The molecule has 4 aliphatic rings. The van der Waals surface area contributed by atoms with E-state index < -0.39 is 29.7 Å². The summed E-state index contributed by atoms with van der Waals surface area (Å²) >= 11 is 0. The van der Waals surface area contributed by atoms with E-state index in [1.54, 1.807) is 17.0 Å². The number of likely N-dealkylation sites (tertiary alicyclic amines) is 1. The van der Waals surface area contributed by atoms with E-state index in [0.29, 0.717) is 31.4 Å². The molecule has 200 valence electrons. The molecule has 6 rings (SSSR count). The summed E-state index contributed by atoms with van der Waals surface area (Å²) in [5.74, 6) is -2.38. The summed E-state index contributed by atoms with van der Waals surface area (Å²) in [6, 6.07) is 7.16. The van der Waals surface area contributed by atoms with Crippen LogP contribution in [0.1, 0.15) is 74.8 Å². The van der Waals surface area contributed by atoms with Crippen molar-refractivity contribution in [2.75, 3.05) is 6.54 Å². The van der Waals surface area contributed by atoms with Crippen LogP contribution in [0.2, 0.25) is 0 Å². The average molecular weight is 520 g/mol. The van der Waals surface area contributed by atoms with Crippen molar-refractivity contribution < 1.29 is 28.4 Å². The van der Waals surface area contributed by atoms with Gasteiger partial charge in [0.25, 0.3) is 11.8 Å². The molecule has 1 spiro atoms. The van der Waals surface area contributed by atoms with Crippen LogP contribution in [0.4, 0.5) is 0 Å². The molecule has 3 aliphatic carbocycles. The SMILES string of the molecule is O=C(NC1CC1)C(=O)[C@H](C[C@@H]1CCCC1=O)NC(=O)[C@@H]1CC2(CCN1C(=O)c1cc3ccccc3o1)CC2. The zero-order valence-corrected chi connectivity index (χ0v) is 21.4. The van der Waals surface area contributed by atoms with Crippen molar-refractivity contribution in [1.82, 2.24) is 15.5 Å². The fourth-order valence-corrected chi connectivity index (χ4v) is 6.04. The molecule has 2 N–H and O–H groups in total. The molecule has 1 aromatic carbocycles. The number of Topliss-reactive ketones (excluding diaryl/α,β-unsaturated/α-hetero) is 2. The molecule has 9 heteroatoms. The zero-order valence-electron chi connectivity index (χ0n) is 21.4. The van der Waals surface area contributed by atoms with Gasteiger partial charge >= 0.3 is 0 Å². The standard InChI is InChI=1S/C29H33N3O6/c33-22-6-3-5-17(22)14-20(25(34)27(36)30-19-8-9-19)31-26(35)21-16-29(10-11-29)12-13-32(21)28(37)24-15-18-4-1-2-7-23(18)38-24/h1-2,4,7,15,17,19-21H,3,5-6,8-14,16H2,(H,30,36)(H,31,35)/t17-,20-,21-/m0/s1. The number of amides is 3. The largest absolute Gasteiger partial charge is 0.451 e. The molecule has 1 aromatic heterocycles. The molecular formula is C29H33N3O6.